The summed E-state index contributed by atoms with van der Waals surface area (Å²) in [6.45, 7) is 19.3. The van der Waals surface area contributed by atoms with Crippen LogP contribution in [0, 0.1) is 0 Å². The van der Waals surface area contributed by atoms with E-state index in [9.17, 15) is 4.79 Å². The highest BCUT2D eigenvalue weighted by molar-refractivity contribution is 6.81. The summed E-state index contributed by atoms with van der Waals surface area (Å²) in [5.74, 6) is 0.318. The van der Waals surface area contributed by atoms with Gasteiger partial charge in [-0.15, -0.1) is 0 Å². The van der Waals surface area contributed by atoms with Crippen molar-refractivity contribution in [1.29, 1.82) is 0 Å². The molecule has 1 aromatic rings. The van der Waals surface area contributed by atoms with Gasteiger partial charge in [0.15, 0.2) is 14.1 Å². The van der Waals surface area contributed by atoms with Gasteiger partial charge in [0.2, 0.25) is 0 Å². The summed E-state index contributed by atoms with van der Waals surface area (Å²) in [4.78, 5) is 12.7. The number of carbonyl (C=O) groups is 1. The third kappa shape index (κ3) is 5.75. The van der Waals surface area contributed by atoms with Crippen molar-refractivity contribution in [2.45, 2.75) is 84.2 Å². The number of carbonyl (C=O) groups excluding carboxylic acids is 1. The van der Waals surface area contributed by atoms with Crippen LogP contribution in [0.5, 0.6) is 0 Å². The fourth-order valence-electron chi connectivity index (χ4n) is 3.41. The fraction of sp³-hybridized carbons (Fsp3) is 0.609. The Morgan fingerprint density at radius 2 is 1.78 bits per heavy atom. The SMILES string of the molecule is CC(C)(C)[Si](C)(C)OCC/C(=C\[Si](C)(C)C)c1cccc2c1C(=O)CCC2. The maximum Gasteiger partial charge on any atom is 0.191 e. The largest absolute Gasteiger partial charge is 0.416 e. The van der Waals surface area contributed by atoms with Gasteiger partial charge >= 0.3 is 0 Å². The number of benzene rings is 1. The molecule has 0 aromatic heterocycles. The molecule has 1 aliphatic rings. The quantitative estimate of drug-likeness (QED) is 0.485. The molecule has 0 atom stereocenters. The van der Waals surface area contributed by atoms with Crippen molar-refractivity contribution in [2.24, 2.45) is 0 Å². The summed E-state index contributed by atoms with van der Waals surface area (Å²) in [7, 11) is -3.18. The first kappa shape index (κ1) is 22.3. The molecule has 0 spiro atoms. The number of hydrogen-bond acceptors (Lipinski definition) is 2. The third-order valence-electron chi connectivity index (χ3n) is 5.87. The minimum absolute atomic E-state index is 0.220. The highest BCUT2D eigenvalue weighted by atomic mass is 28.4. The molecule has 0 amide bonds. The number of rotatable bonds is 6. The van der Waals surface area contributed by atoms with Crippen LogP contribution in [-0.4, -0.2) is 28.8 Å². The molecule has 0 fully saturated rings. The van der Waals surface area contributed by atoms with E-state index in [2.05, 4.69) is 77.4 Å². The van der Waals surface area contributed by atoms with Crippen molar-refractivity contribution < 1.29 is 9.22 Å². The average molecular weight is 403 g/mol. The number of ketones is 1. The molecular formula is C23H38O2Si2. The normalized spacial score (nSPS) is 16.4. The lowest BCUT2D eigenvalue weighted by Gasteiger charge is -2.36. The van der Waals surface area contributed by atoms with Crippen LogP contribution in [-0.2, 0) is 10.8 Å². The fourth-order valence-corrected chi connectivity index (χ4v) is 5.80. The number of hydrogen-bond donors (Lipinski definition) is 0. The van der Waals surface area contributed by atoms with Gasteiger partial charge in [0.1, 0.15) is 0 Å². The molecule has 1 aromatic carbocycles. The van der Waals surface area contributed by atoms with Crippen molar-refractivity contribution in [3.8, 4) is 0 Å². The van der Waals surface area contributed by atoms with Crippen LogP contribution in [0.2, 0.25) is 37.8 Å². The van der Waals surface area contributed by atoms with E-state index in [-0.39, 0.29) is 5.04 Å². The lowest BCUT2D eigenvalue weighted by molar-refractivity contribution is 0.0972. The standard InChI is InChI=1S/C23H38O2Si2/c1-23(2,3)27(7,8)25-16-15-19(17-26(4,5)6)20-13-9-11-18-12-10-14-21(24)22(18)20/h9,11,13,17H,10,12,14-16H2,1-8H3/b19-17+. The lowest BCUT2D eigenvalue weighted by Crippen LogP contribution is -2.41. The second-order valence-corrected chi connectivity index (χ2v) is 20.3. The highest BCUT2D eigenvalue weighted by Gasteiger charge is 2.37. The van der Waals surface area contributed by atoms with Crippen LogP contribution in [0.25, 0.3) is 5.57 Å². The maximum atomic E-state index is 12.7. The van der Waals surface area contributed by atoms with E-state index in [0.717, 1.165) is 31.4 Å². The Kier molecular flexibility index (Phi) is 6.76. The van der Waals surface area contributed by atoms with Crippen LogP contribution >= 0.6 is 0 Å². The topological polar surface area (TPSA) is 26.3 Å². The minimum Gasteiger partial charge on any atom is -0.416 e. The van der Waals surface area contributed by atoms with E-state index in [1.54, 1.807) is 0 Å². The van der Waals surface area contributed by atoms with Gasteiger partial charge in [0, 0.05) is 18.6 Å². The third-order valence-corrected chi connectivity index (χ3v) is 11.6. The zero-order chi connectivity index (χ0) is 20.5. The first-order chi connectivity index (χ1) is 12.3. The van der Waals surface area contributed by atoms with Crippen LogP contribution in [0.3, 0.4) is 0 Å². The average Bonchev–Trinajstić information content (AvgIpc) is 2.51. The van der Waals surface area contributed by atoms with E-state index >= 15 is 0 Å². The molecule has 1 aliphatic carbocycles. The van der Waals surface area contributed by atoms with E-state index in [1.807, 2.05) is 0 Å². The Hall–Kier alpha value is -0.976. The Labute approximate surface area is 168 Å². The van der Waals surface area contributed by atoms with Crippen LogP contribution in [0.15, 0.2) is 23.9 Å². The molecule has 0 radical (unpaired) electrons. The first-order valence-corrected chi connectivity index (χ1v) is 16.8. The first-order valence-electron chi connectivity index (χ1n) is 10.3. The predicted molar refractivity (Wildman–Crippen MR) is 123 cm³/mol. The van der Waals surface area contributed by atoms with Crippen LogP contribution < -0.4 is 0 Å². The van der Waals surface area contributed by atoms with Gasteiger partial charge in [-0.25, -0.2) is 0 Å². The van der Waals surface area contributed by atoms with Crippen molar-refractivity contribution >= 4 is 27.7 Å². The molecule has 2 nitrogen and oxygen atoms in total. The van der Waals surface area contributed by atoms with Gasteiger partial charge in [-0.2, -0.15) is 0 Å². The number of Topliss-reactive ketones (excluding diaryl/α,β-unsaturated/α-hetero) is 1. The minimum atomic E-state index is -1.76. The Morgan fingerprint density at radius 3 is 2.37 bits per heavy atom. The van der Waals surface area contributed by atoms with Gasteiger partial charge in [-0.05, 0) is 54.1 Å². The molecule has 0 saturated carbocycles. The molecule has 0 unspecified atom stereocenters. The van der Waals surface area contributed by atoms with Gasteiger partial charge < -0.3 is 4.43 Å². The molecule has 2 rings (SSSR count). The lowest BCUT2D eigenvalue weighted by atomic mass is 9.84. The van der Waals surface area contributed by atoms with Crippen LogP contribution in [0.4, 0.5) is 0 Å². The molecule has 0 bridgehead atoms. The molecule has 150 valence electrons. The summed E-state index contributed by atoms with van der Waals surface area (Å²) in [6, 6.07) is 6.41. The van der Waals surface area contributed by atoms with Crippen LogP contribution in [0.1, 0.15) is 61.5 Å². The zero-order valence-corrected chi connectivity index (χ0v) is 20.7. The van der Waals surface area contributed by atoms with E-state index in [1.165, 1.54) is 16.7 Å². The monoisotopic (exact) mass is 402 g/mol. The van der Waals surface area contributed by atoms with Crippen molar-refractivity contribution in [3.05, 3.63) is 40.6 Å². The summed E-state index contributed by atoms with van der Waals surface area (Å²) in [5.41, 5.74) is 7.18. The molecule has 0 heterocycles. The molecule has 0 aliphatic heterocycles. The summed E-state index contributed by atoms with van der Waals surface area (Å²) in [5, 5.41) is 0.220. The smallest absolute Gasteiger partial charge is 0.191 e. The van der Waals surface area contributed by atoms with Gasteiger partial charge in [-0.3, -0.25) is 4.79 Å². The van der Waals surface area contributed by atoms with Crippen molar-refractivity contribution in [2.75, 3.05) is 6.61 Å². The Bertz CT molecular complexity index is 719. The Morgan fingerprint density at radius 1 is 1.11 bits per heavy atom. The van der Waals surface area contributed by atoms with E-state index < -0.39 is 16.4 Å². The number of aryl methyl sites for hydroxylation is 1. The predicted octanol–water partition coefficient (Wildman–Crippen LogP) is 6.88. The molecule has 4 heteroatoms. The molecule has 27 heavy (non-hydrogen) atoms. The van der Waals surface area contributed by atoms with Gasteiger partial charge in [0.05, 0.1) is 8.07 Å². The molecular weight excluding hydrogens is 364 g/mol. The Balaban J connectivity index is 2.33. The summed E-state index contributed by atoms with van der Waals surface area (Å²) < 4.78 is 6.46. The van der Waals surface area contributed by atoms with Crippen molar-refractivity contribution in [1.82, 2.24) is 0 Å². The summed E-state index contributed by atoms with van der Waals surface area (Å²) in [6.07, 6.45) is 3.58. The van der Waals surface area contributed by atoms with Crippen molar-refractivity contribution in [3.63, 3.8) is 0 Å². The number of fused-ring (bicyclic) bond motifs is 1. The summed E-state index contributed by atoms with van der Waals surface area (Å²) >= 11 is 0. The highest BCUT2D eigenvalue weighted by Crippen LogP contribution is 2.37. The van der Waals surface area contributed by atoms with Gasteiger partial charge in [0.25, 0.3) is 0 Å². The molecule has 0 N–H and O–H groups in total. The van der Waals surface area contributed by atoms with Gasteiger partial charge in [-0.1, -0.05) is 64.3 Å². The van der Waals surface area contributed by atoms with E-state index in [0.29, 0.717) is 12.2 Å². The second kappa shape index (κ2) is 8.18. The maximum absolute atomic E-state index is 12.7. The van der Waals surface area contributed by atoms with E-state index in [4.69, 9.17) is 4.43 Å². The zero-order valence-electron chi connectivity index (χ0n) is 18.7. The second-order valence-electron chi connectivity index (χ2n) is 10.5. The molecule has 0 saturated heterocycles.